The quantitative estimate of drug-likeness (QED) is 0.133. The van der Waals surface area contributed by atoms with Crippen molar-refractivity contribution in [3.8, 4) is 33.4 Å². The minimum atomic E-state index is -0.253. The van der Waals surface area contributed by atoms with E-state index in [1.807, 2.05) is 0 Å². The normalized spacial score (nSPS) is 16.7. The summed E-state index contributed by atoms with van der Waals surface area (Å²) in [5.41, 5.74) is 24.0. The third-order valence-corrected chi connectivity index (χ3v) is 15.9. The molecule has 0 saturated heterocycles. The van der Waals surface area contributed by atoms with Crippen LogP contribution in [0, 0.1) is 6.92 Å². The average Bonchev–Trinajstić information content (AvgIpc) is 3.80. The molecule has 2 heterocycles. The van der Waals surface area contributed by atoms with E-state index in [-0.39, 0.29) is 16.2 Å². The SMILES string of the molecule is CC1=C(c2cc3c(cc2C)C(C)(C)CCC3(C)C)N(c2ccc(S)cc2-c2ccccc2)c2c(c(-c3cccc4c3[nH]c3ccc5ccccc5c34)cc3c2-c2ccccc2C3(C)C)[B]1. The van der Waals surface area contributed by atoms with Gasteiger partial charge in [0.05, 0.1) is 11.2 Å². The topological polar surface area (TPSA) is 19.0 Å². The van der Waals surface area contributed by atoms with E-state index in [0.29, 0.717) is 0 Å². The summed E-state index contributed by atoms with van der Waals surface area (Å²) in [5, 5.41) is 5.05. The smallest absolute Gasteiger partial charge is 0.191 e. The first kappa shape index (κ1) is 40.3. The molecule has 65 heavy (non-hydrogen) atoms. The Morgan fingerprint density at radius 3 is 2.05 bits per heavy atom. The van der Waals surface area contributed by atoms with Gasteiger partial charge >= 0.3 is 0 Å². The van der Waals surface area contributed by atoms with Gasteiger partial charge in [-0.05, 0) is 135 Å². The zero-order valence-corrected chi connectivity index (χ0v) is 39.6. The Labute approximate surface area is 390 Å². The molecule has 0 spiro atoms. The molecule has 2 nitrogen and oxygen atoms in total. The van der Waals surface area contributed by atoms with Crippen LogP contribution in [0.5, 0.6) is 0 Å². The number of hydrogen-bond acceptors (Lipinski definition) is 2. The number of anilines is 2. The van der Waals surface area contributed by atoms with Gasteiger partial charge < -0.3 is 9.88 Å². The molecular formula is C61H54BN2S. The van der Waals surface area contributed by atoms with Crippen LogP contribution in [0.1, 0.15) is 94.7 Å². The van der Waals surface area contributed by atoms with E-state index in [9.17, 15) is 0 Å². The Balaban J connectivity index is 1.23. The molecule has 0 unspecified atom stereocenters. The lowest BCUT2D eigenvalue weighted by Gasteiger charge is -2.44. The molecule has 9 aromatic rings. The van der Waals surface area contributed by atoms with E-state index in [2.05, 4.69) is 218 Å². The molecule has 3 aliphatic rings. The zero-order chi connectivity index (χ0) is 44.7. The number of thiol groups is 1. The summed E-state index contributed by atoms with van der Waals surface area (Å²) in [6, 6.07) is 54.7. The van der Waals surface area contributed by atoms with Crippen molar-refractivity contribution in [2.45, 2.75) is 89.4 Å². The number of para-hydroxylation sites is 1. The van der Waals surface area contributed by atoms with Gasteiger partial charge in [-0.25, -0.2) is 0 Å². The van der Waals surface area contributed by atoms with Crippen LogP contribution in [-0.2, 0) is 16.2 Å². The Hall–Kier alpha value is -6.23. The van der Waals surface area contributed by atoms with Crippen molar-refractivity contribution >= 4 is 75.0 Å². The fourth-order valence-electron chi connectivity index (χ4n) is 12.1. The number of rotatable bonds is 4. The first-order valence-corrected chi connectivity index (χ1v) is 23.8. The fraction of sp³-hybridized carbons (Fsp3) is 0.213. The number of benzene rings is 8. The van der Waals surface area contributed by atoms with Gasteiger partial charge in [-0.1, -0.05) is 156 Å². The van der Waals surface area contributed by atoms with E-state index < -0.39 is 0 Å². The Bertz CT molecular complexity index is 3530. The molecule has 1 aliphatic heterocycles. The number of aryl methyl sites for hydroxylation is 1. The van der Waals surface area contributed by atoms with Crippen LogP contribution >= 0.6 is 12.6 Å². The standard InChI is InChI=1S/C61H54BN2S/c1-35-31-48-49(60(5,6)30-29-59(48,3)4)33-44(35)57-36(2)62-55-46(41-22-16-23-43-53-40-20-13-12-19-38(40)25-27-51(53)63-56(41)43)34-50-54(42-21-14-15-24-47(42)61(50,7)8)58(55)64(57)52-28-26-39(65)32-45(52)37-17-10-9-11-18-37/h9-28,31-34,63,65H,29-30H2,1-8H3. The number of nitrogens with zero attached hydrogens (tertiary/aromatic N) is 1. The Morgan fingerprint density at radius 1 is 0.569 bits per heavy atom. The molecule has 8 aromatic carbocycles. The number of allylic oxidation sites excluding steroid dienone is 1. The minimum absolute atomic E-state index is 0.0483. The van der Waals surface area contributed by atoms with Gasteiger partial charge in [0.15, 0.2) is 7.28 Å². The van der Waals surface area contributed by atoms with E-state index >= 15 is 0 Å². The van der Waals surface area contributed by atoms with Gasteiger partial charge in [-0.3, -0.25) is 0 Å². The molecule has 0 atom stereocenters. The first-order valence-electron chi connectivity index (χ1n) is 23.4. The summed E-state index contributed by atoms with van der Waals surface area (Å²) in [6.45, 7) is 19.3. The molecule has 2 aliphatic carbocycles. The maximum Gasteiger partial charge on any atom is 0.191 e. The third kappa shape index (κ3) is 5.88. The van der Waals surface area contributed by atoms with E-state index in [1.54, 1.807) is 0 Å². The molecule has 12 rings (SSSR count). The predicted octanol–water partition coefficient (Wildman–Crippen LogP) is 15.9. The van der Waals surface area contributed by atoms with E-state index in [4.69, 9.17) is 12.6 Å². The Morgan fingerprint density at radius 2 is 1.25 bits per heavy atom. The van der Waals surface area contributed by atoms with Crippen molar-refractivity contribution < 1.29 is 0 Å². The lowest BCUT2D eigenvalue weighted by atomic mass is 9.56. The highest BCUT2D eigenvalue weighted by molar-refractivity contribution is 7.80. The summed E-state index contributed by atoms with van der Waals surface area (Å²) >= 11 is 5.01. The second kappa shape index (κ2) is 14.1. The number of H-pyrrole nitrogens is 1. The second-order valence-corrected chi connectivity index (χ2v) is 21.4. The fourth-order valence-corrected chi connectivity index (χ4v) is 12.3. The second-order valence-electron chi connectivity index (χ2n) is 20.9. The van der Waals surface area contributed by atoms with Crippen molar-refractivity contribution in [2.75, 3.05) is 4.90 Å². The van der Waals surface area contributed by atoms with Crippen molar-refractivity contribution in [1.82, 2.24) is 4.98 Å². The molecule has 4 heteroatoms. The maximum atomic E-state index is 5.01. The number of fused-ring (bicyclic) bond motifs is 11. The molecule has 0 bridgehead atoms. The van der Waals surface area contributed by atoms with Gasteiger partial charge in [0.2, 0.25) is 0 Å². The number of nitrogens with one attached hydrogen (secondary N) is 1. The molecular weight excluding hydrogens is 804 g/mol. The molecule has 0 fully saturated rings. The van der Waals surface area contributed by atoms with Gasteiger partial charge in [-0.2, -0.15) is 0 Å². The van der Waals surface area contributed by atoms with Crippen LogP contribution in [-0.4, -0.2) is 12.3 Å². The molecule has 0 saturated carbocycles. The van der Waals surface area contributed by atoms with Gasteiger partial charge in [-0.15, -0.1) is 12.6 Å². The van der Waals surface area contributed by atoms with Crippen LogP contribution in [0.3, 0.4) is 0 Å². The number of aromatic nitrogens is 1. The van der Waals surface area contributed by atoms with Crippen molar-refractivity contribution in [3.63, 3.8) is 0 Å². The maximum absolute atomic E-state index is 5.01. The predicted molar refractivity (Wildman–Crippen MR) is 282 cm³/mol. The van der Waals surface area contributed by atoms with Gasteiger partial charge in [0.1, 0.15) is 0 Å². The monoisotopic (exact) mass is 857 g/mol. The summed E-state index contributed by atoms with van der Waals surface area (Å²) < 4.78 is 0. The van der Waals surface area contributed by atoms with Crippen LogP contribution in [0.2, 0.25) is 0 Å². The van der Waals surface area contributed by atoms with Crippen LogP contribution in [0.25, 0.3) is 71.7 Å². The molecule has 1 aromatic heterocycles. The van der Waals surface area contributed by atoms with Gasteiger partial charge in [0.25, 0.3) is 0 Å². The summed E-state index contributed by atoms with van der Waals surface area (Å²) in [5.74, 6) is 0. The van der Waals surface area contributed by atoms with Crippen LogP contribution in [0.15, 0.2) is 156 Å². The van der Waals surface area contributed by atoms with Crippen molar-refractivity contribution in [3.05, 3.63) is 184 Å². The summed E-state index contributed by atoms with van der Waals surface area (Å²) in [4.78, 5) is 7.59. The van der Waals surface area contributed by atoms with Crippen LogP contribution in [0.4, 0.5) is 11.4 Å². The zero-order valence-electron chi connectivity index (χ0n) is 38.7. The van der Waals surface area contributed by atoms with Gasteiger partial charge in [0, 0.05) is 60.2 Å². The highest BCUT2D eigenvalue weighted by Crippen LogP contribution is 2.58. The Kier molecular flexibility index (Phi) is 8.76. The molecule has 1 N–H and O–H groups in total. The average molecular weight is 858 g/mol. The van der Waals surface area contributed by atoms with Crippen LogP contribution < -0.4 is 10.4 Å². The highest BCUT2D eigenvalue weighted by atomic mass is 32.1. The molecule has 0 amide bonds. The highest BCUT2D eigenvalue weighted by Gasteiger charge is 2.44. The van der Waals surface area contributed by atoms with E-state index in [1.165, 1.54) is 117 Å². The first-order chi connectivity index (χ1) is 31.2. The number of hydrogen-bond donors (Lipinski definition) is 2. The lowest BCUT2D eigenvalue weighted by Crippen LogP contribution is -2.37. The number of aromatic amines is 1. The summed E-state index contributed by atoms with van der Waals surface area (Å²) in [6.07, 6.45) is 2.34. The van der Waals surface area contributed by atoms with Crippen molar-refractivity contribution in [2.24, 2.45) is 0 Å². The summed E-state index contributed by atoms with van der Waals surface area (Å²) in [7, 11) is 2.52. The molecule has 317 valence electrons. The van der Waals surface area contributed by atoms with Crippen molar-refractivity contribution in [1.29, 1.82) is 0 Å². The largest absolute Gasteiger partial charge is 0.354 e. The van der Waals surface area contributed by atoms with E-state index in [0.717, 1.165) is 28.1 Å². The molecule has 1 radical (unpaired) electrons. The lowest BCUT2D eigenvalue weighted by molar-refractivity contribution is 0.331. The third-order valence-electron chi connectivity index (χ3n) is 15.6. The minimum Gasteiger partial charge on any atom is -0.354 e.